The van der Waals surface area contributed by atoms with Gasteiger partial charge in [0.15, 0.2) is 18.1 Å². The number of nitrogens with zero attached hydrogens (tertiary/aromatic N) is 1. The molecule has 0 N–H and O–H groups in total. The van der Waals surface area contributed by atoms with Gasteiger partial charge in [-0.15, -0.1) is 11.3 Å². The number of methoxy groups -OCH3 is 2. The van der Waals surface area contributed by atoms with Crippen LogP contribution < -0.4 is 14.2 Å². The third-order valence-electron chi connectivity index (χ3n) is 6.33. The lowest BCUT2D eigenvalue weighted by atomic mass is 9.90. The Morgan fingerprint density at radius 3 is 2.40 bits per heavy atom. The summed E-state index contributed by atoms with van der Waals surface area (Å²) in [6.45, 7) is 0.571. The van der Waals surface area contributed by atoms with Crippen molar-refractivity contribution in [3.8, 4) is 28.4 Å². The van der Waals surface area contributed by atoms with E-state index in [-0.39, 0.29) is 18.6 Å². The number of fused-ring (bicyclic) bond motifs is 1. The maximum absolute atomic E-state index is 13.6. The highest BCUT2D eigenvalue weighted by atomic mass is 32.1. The molecule has 35 heavy (non-hydrogen) atoms. The van der Waals surface area contributed by atoms with Crippen molar-refractivity contribution >= 4 is 17.2 Å². The Morgan fingerprint density at radius 1 is 0.914 bits per heavy atom. The first-order valence-electron chi connectivity index (χ1n) is 11.5. The molecule has 178 valence electrons. The van der Waals surface area contributed by atoms with Gasteiger partial charge in [-0.3, -0.25) is 4.79 Å². The summed E-state index contributed by atoms with van der Waals surface area (Å²) in [5.74, 6) is 2.02. The van der Waals surface area contributed by atoms with E-state index in [0.29, 0.717) is 23.8 Å². The maximum Gasteiger partial charge on any atom is 0.261 e. The van der Waals surface area contributed by atoms with E-state index in [1.54, 1.807) is 25.6 Å². The zero-order chi connectivity index (χ0) is 24.2. The normalized spacial score (nSPS) is 14.8. The Balaban J connectivity index is 1.43. The Bertz CT molecular complexity index is 1300. The molecule has 0 aliphatic carbocycles. The summed E-state index contributed by atoms with van der Waals surface area (Å²) < 4.78 is 17.2. The van der Waals surface area contributed by atoms with E-state index in [1.165, 1.54) is 5.56 Å². The van der Waals surface area contributed by atoms with Crippen LogP contribution in [0.5, 0.6) is 17.2 Å². The van der Waals surface area contributed by atoms with Crippen molar-refractivity contribution in [3.63, 3.8) is 0 Å². The maximum atomic E-state index is 13.6. The highest BCUT2D eigenvalue weighted by Crippen LogP contribution is 2.42. The molecule has 1 aliphatic rings. The van der Waals surface area contributed by atoms with Crippen LogP contribution >= 0.6 is 11.3 Å². The van der Waals surface area contributed by atoms with E-state index in [2.05, 4.69) is 6.07 Å². The number of rotatable bonds is 7. The van der Waals surface area contributed by atoms with Crippen LogP contribution in [0.1, 0.15) is 22.0 Å². The van der Waals surface area contributed by atoms with Crippen LogP contribution in [0.3, 0.4) is 0 Å². The molecule has 0 fully saturated rings. The Labute approximate surface area is 209 Å². The number of carbonyl (C=O) groups excluding carboxylic acids is 1. The van der Waals surface area contributed by atoms with Crippen LogP contribution in [-0.4, -0.2) is 38.2 Å². The fraction of sp³-hybridized carbons (Fsp3) is 0.207. The molecule has 0 saturated heterocycles. The van der Waals surface area contributed by atoms with Crippen molar-refractivity contribution in [1.29, 1.82) is 0 Å². The van der Waals surface area contributed by atoms with Crippen molar-refractivity contribution in [2.45, 2.75) is 12.5 Å². The molecule has 0 spiro atoms. The number of hydrogen-bond acceptors (Lipinski definition) is 5. The summed E-state index contributed by atoms with van der Waals surface area (Å²) in [6.07, 6.45) is 0.740. The molecule has 1 aliphatic heterocycles. The number of carbonyl (C=O) groups is 1. The molecule has 1 atom stereocenters. The van der Waals surface area contributed by atoms with E-state index in [4.69, 9.17) is 14.2 Å². The van der Waals surface area contributed by atoms with Gasteiger partial charge in [0.25, 0.3) is 5.91 Å². The second kappa shape index (κ2) is 10.2. The molecule has 1 aromatic heterocycles. The molecule has 6 heteroatoms. The van der Waals surface area contributed by atoms with Gasteiger partial charge in [0.05, 0.1) is 20.3 Å². The molecule has 1 amide bonds. The molecule has 3 aromatic carbocycles. The molecule has 0 bridgehead atoms. The fourth-order valence-electron chi connectivity index (χ4n) is 4.64. The SMILES string of the molecule is COc1cc2c(cc1OC)[C@H](c1cccs1)N(C(=O)COc1ccccc1-c1ccccc1)CC2. The van der Waals surface area contributed by atoms with Gasteiger partial charge in [-0.25, -0.2) is 0 Å². The topological polar surface area (TPSA) is 48.0 Å². The zero-order valence-corrected chi connectivity index (χ0v) is 20.6. The van der Waals surface area contributed by atoms with Crippen LogP contribution in [-0.2, 0) is 11.2 Å². The van der Waals surface area contributed by atoms with E-state index >= 15 is 0 Å². The second-order valence-electron chi connectivity index (χ2n) is 8.31. The van der Waals surface area contributed by atoms with Crippen LogP contribution in [0.25, 0.3) is 11.1 Å². The van der Waals surface area contributed by atoms with Crippen molar-refractivity contribution in [1.82, 2.24) is 4.90 Å². The third kappa shape index (κ3) is 4.62. The number of para-hydroxylation sites is 1. The van der Waals surface area contributed by atoms with Gasteiger partial charge >= 0.3 is 0 Å². The first kappa shape index (κ1) is 23.0. The predicted octanol–water partition coefficient (Wildman–Crippen LogP) is 5.99. The monoisotopic (exact) mass is 485 g/mol. The largest absolute Gasteiger partial charge is 0.493 e. The Kier molecular flexibility index (Phi) is 6.73. The minimum Gasteiger partial charge on any atom is -0.493 e. The lowest BCUT2D eigenvalue weighted by Crippen LogP contribution is -2.42. The number of thiophene rings is 1. The van der Waals surface area contributed by atoms with Crippen LogP contribution in [0.15, 0.2) is 84.2 Å². The summed E-state index contributed by atoms with van der Waals surface area (Å²) in [5.41, 5.74) is 4.26. The highest BCUT2D eigenvalue weighted by Gasteiger charge is 2.34. The standard InChI is InChI=1S/C29H27NO4S/c1-32-25-17-21-14-15-30(29(27-13-8-16-35-27)23(21)18-26(25)33-2)28(31)19-34-24-12-7-6-11-22(24)20-9-4-3-5-10-20/h3-13,16-18,29H,14-15,19H2,1-2H3/t29-/m1/s1. The number of ether oxygens (including phenoxy) is 3. The smallest absolute Gasteiger partial charge is 0.261 e. The number of amides is 1. The van der Waals surface area contributed by atoms with Crippen LogP contribution in [0.4, 0.5) is 0 Å². The van der Waals surface area contributed by atoms with Crippen molar-refractivity contribution in [2.75, 3.05) is 27.4 Å². The summed E-state index contributed by atoms with van der Waals surface area (Å²) in [6, 6.07) is 25.8. The van der Waals surface area contributed by atoms with Gasteiger partial charge in [0.2, 0.25) is 0 Å². The van der Waals surface area contributed by atoms with Gasteiger partial charge in [-0.05, 0) is 52.8 Å². The molecular formula is C29H27NO4S. The first-order valence-corrected chi connectivity index (χ1v) is 12.4. The molecule has 0 radical (unpaired) electrons. The summed E-state index contributed by atoms with van der Waals surface area (Å²) in [5, 5.41) is 2.04. The molecule has 0 unspecified atom stereocenters. The molecule has 2 heterocycles. The third-order valence-corrected chi connectivity index (χ3v) is 7.25. The van der Waals surface area contributed by atoms with Gasteiger partial charge < -0.3 is 19.1 Å². The van der Waals surface area contributed by atoms with E-state index < -0.39 is 0 Å². The number of benzene rings is 3. The first-order chi connectivity index (χ1) is 17.2. The van der Waals surface area contributed by atoms with Crippen molar-refractivity contribution < 1.29 is 19.0 Å². The van der Waals surface area contributed by atoms with Crippen LogP contribution in [0, 0.1) is 0 Å². The molecule has 5 nitrogen and oxygen atoms in total. The lowest BCUT2D eigenvalue weighted by molar-refractivity contribution is -0.135. The molecule has 5 rings (SSSR count). The minimum atomic E-state index is -0.195. The highest BCUT2D eigenvalue weighted by molar-refractivity contribution is 7.10. The van der Waals surface area contributed by atoms with Gasteiger partial charge in [-0.2, -0.15) is 0 Å². The average Bonchev–Trinajstić information content (AvgIpc) is 3.45. The lowest BCUT2D eigenvalue weighted by Gasteiger charge is -2.37. The van der Waals surface area contributed by atoms with Crippen molar-refractivity contribution in [2.24, 2.45) is 0 Å². The molecule has 0 saturated carbocycles. The van der Waals surface area contributed by atoms with Gasteiger partial charge in [0.1, 0.15) is 5.75 Å². The quantitative estimate of drug-likeness (QED) is 0.323. The fourth-order valence-corrected chi connectivity index (χ4v) is 5.49. The number of hydrogen-bond donors (Lipinski definition) is 0. The minimum absolute atomic E-state index is 0.0334. The summed E-state index contributed by atoms with van der Waals surface area (Å²) >= 11 is 1.65. The molecular weight excluding hydrogens is 458 g/mol. The Hall–Kier alpha value is -3.77. The zero-order valence-electron chi connectivity index (χ0n) is 19.8. The summed E-state index contributed by atoms with van der Waals surface area (Å²) in [4.78, 5) is 16.6. The van der Waals surface area contributed by atoms with Gasteiger partial charge in [-0.1, -0.05) is 54.6 Å². The summed E-state index contributed by atoms with van der Waals surface area (Å²) in [7, 11) is 3.28. The van der Waals surface area contributed by atoms with Crippen LogP contribution in [0.2, 0.25) is 0 Å². The molecule has 4 aromatic rings. The van der Waals surface area contributed by atoms with E-state index in [0.717, 1.165) is 28.0 Å². The second-order valence-corrected chi connectivity index (χ2v) is 9.29. The average molecular weight is 486 g/mol. The van der Waals surface area contributed by atoms with E-state index in [9.17, 15) is 4.79 Å². The Morgan fingerprint density at radius 2 is 1.66 bits per heavy atom. The van der Waals surface area contributed by atoms with Gasteiger partial charge in [0, 0.05) is 17.0 Å². The van der Waals surface area contributed by atoms with Crippen molar-refractivity contribution in [3.05, 3.63) is 100 Å². The predicted molar refractivity (Wildman–Crippen MR) is 138 cm³/mol. The van der Waals surface area contributed by atoms with E-state index in [1.807, 2.05) is 83.1 Å².